The maximum atomic E-state index is 10.7. The van der Waals surface area contributed by atoms with Crippen molar-refractivity contribution in [3.63, 3.8) is 0 Å². The van der Waals surface area contributed by atoms with Gasteiger partial charge in [0.25, 0.3) is 0 Å². The molecule has 1 unspecified atom stereocenters. The van der Waals surface area contributed by atoms with E-state index in [-0.39, 0.29) is 0 Å². The topological polar surface area (TPSA) is 56.8 Å². The fourth-order valence-electron chi connectivity index (χ4n) is 1.17. The van der Waals surface area contributed by atoms with Crippen molar-refractivity contribution in [3.05, 3.63) is 0 Å². The van der Waals surface area contributed by atoms with Crippen molar-refractivity contribution >= 4 is 15.4 Å². The van der Waals surface area contributed by atoms with E-state index in [4.69, 9.17) is 8.85 Å². The molecule has 0 aromatic heterocycles. The average molecular weight is 221 g/mol. The second-order valence-electron chi connectivity index (χ2n) is 3.02. The highest BCUT2D eigenvalue weighted by Crippen LogP contribution is 2.14. The lowest BCUT2D eigenvalue weighted by molar-refractivity contribution is 0.170. The summed E-state index contributed by atoms with van der Waals surface area (Å²) >= 11 is 0. The number of carbonyl (C=O) groups excluding carboxylic acids is 1. The van der Waals surface area contributed by atoms with Crippen LogP contribution in [0.3, 0.4) is 0 Å². The molecule has 0 rings (SSSR count). The molecule has 0 fully saturated rings. The summed E-state index contributed by atoms with van der Waals surface area (Å²) in [7, 11) is 3.11. The molecule has 0 aliphatic heterocycles. The maximum Gasteiger partial charge on any atom is 0.406 e. The first-order valence-electron chi connectivity index (χ1n) is 4.53. The van der Waals surface area contributed by atoms with Crippen LogP contribution in [0.5, 0.6) is 0 Å². The Morgan fingerprint density at radius 1 is 1.36 bits per heavy atom. The maximum absolute atomic E-state index is 10.7. The molecule has 14 heavy (non-hydrogen) atoms. The van der Waals surface area contributed by atoms with Gasteiger partial charge in [-0.3, -0.25) is 0 Å². The molecule has 0 radical (unpaired) electrons. The Hall–Kier alpha value is -0.593. The minimum atomic E-state index is -1.55. The molecular weight excluding hydrogens is 202 g/mol. The molecule has 0 bridgehead atoms. The molecule has 0 aliphatic carbocycles. The second kappa shape index (κ2) is 7.78. The molecule has 0 aromatic rings. The highest BCUT2D eigenvalue weighted by molar-refractivity contribution is 6.46. The molecule has 1 atom stereocenters. The SMILES string of the molecule is COC(=O)NCCC(C)[SiH](OC)OC. The Labute approximate surface area is 86.6 Å². The smallest absolute Gasteiger partial charge is 0.406 e. The molecular formula is C8H19NO4Si. The molecule has 0 aliphatic rings. The zero-order valence-electron chi connectivity index (χ0n) is 9.20. The third-order valence-corrected chi connectivity index (χ3v) is 4.18. The van der Waals surface area contributed by atoms with E-state index in [1.807, 2.05) is 0 Å². The van der Waals surface area contributed by atoms with E-state index in [0.29, 0.717) is 12.1 Å². The molecule has 84 valence electrons. The van der Waals surface area contributed by atoms with Gasteiger partial charge in [-0.05, 0) is 12.0 Å². The summed E-state index contributed by atoms with van der Waals surface area (Å²) in [5.41, 5.74) is 0.363. The number of alkyl carbamates (subject to hydrolysis) is 1. The van der Waals surface area contributed by atoms with Crippen molar-refractivity contribution in [2.24, 2.45) is 0 Å². The summed E-state index contributed by atoms with van der Waals surface area (Å²) in [5, 5.41) is 2.62. The van der Waals surface area contributed by atoms with Crippen molar-refractivity contribution in [2.45, 2.75) is 18.9 Å². The molecule has 1 N–H and O–H groups in total. The number of carbonyl (C=O) groups is 1. The molecule has 1 amide bonds. The number of nitrogens with one attached hydrogen (secondary N) is 1. The number of hydrogen-bond donors (Lipinski definition) is 1. The van der Waals surface area contributed by atoms with Crippen LogP contribution in [0.1, 0.15) is 13.3 Å². The third kappa shape index (κ3) is 5.20. The van der Waals surface area contributed by atoms with Gasteiger partial charge in [-0.25, -0.2) is 4.79 Å². The monoisotopic (exact) mass is 221 g/mol. The lowest BCUT2D eigenvalue weighted by atomic mass is 10.3. The van der Waals surface area contributed by atoms with Crippen LogP contribution in [0, 0.1) is 0 Å². The summed E-state index contributed by atoms with van der Waals surface area (Å²) in [5.74, 6) is 0. The summed E-state index contributed by atoms with van der Waals surface area (Å²) < 4.78 is 14.9. The van der Waals surface area contributed by atoms with E-state index in [9.17, 15) is 4.79 Å². The fraction of sp³-hybridized carbons (Fsp3) is 0.875. The average Bonchev–Trinajstić information content (AvgIpc) is 2.19. The molecule has 0 saturated heterocycles. The number of rotatable bonds is 6. The predicted molar refractivity (Wildman–Crippen MR) is 55.6 cm³/mol. The Balaban J connectivity index is 3.61. The summed E-state index contributed by atoms with van der Waals surface area (Å²) in [4.78, 5) is 10.7. The van der Waals surface area contributed by atoms with E-state index in [0.717, 1.165) is 6.42 Å². The van der Waals surface area contributed by atoms with E-state index >= 15 is 0 Å². The summed E-state index contributed by atoms with van der Waals surface area (Å²) in [6.07, 6.45) is 0.443. The summed E-state index contributed by atoms with van der Waals surface area (Å²) in [6, 6.07) is 0. The summed E-state index contributed by atoms with van der Waals surface area (Å²) in [6.45, 7) is 2.65. The molecule has 0 saturated carbocycles. The second-order valence-corrected chi connectivity index (χ2v) is 5.84. The van der Waals surface area contributed by atoms with Crippen LogP contribution in [-0.2, 0) is 13.6 Å². The number of amides is 1. The van der Waals surface area contributed by atoms with Crippen molar-refractivity contribution in [1.82, 2.24) is 5.32 Å². The minimum Gasteiger partial charge on any atom is -0.453 e. The Morgan fingerprint density at radius 3 is 2.36 bits per heavy atom. The molecule has 5 nitrogen and oxygen atoms in total. The third-order valence-electron chi connectivity index (χ3n) is 1.98. The number of hydrogen-bond acceptors (Lipinski definition) is 4. The zero-order valence-corrected chi connectivity index (χ0v) is 10.4. The van der Waals surface area contributed by atoms with Gasteiger partial charge in [0.2, 0.25) is 0 Å². The molecule has 0 aromatic carbocycles. The van der Waals surface area contributed by atoms with E-state index in [1.54, 1.807) is 14.2 Å². The Kier molecular flexibility index (Phi) is 7.45. The zero-order chi connectivity index (χ0) is 11.0. The van der Waals surface area contributed by atoms with Crippen molar-refractivity contribution in [2.75, 3.05) is 27.9 Å². The van der Waals surface area contributed by atoms with E-state index in [1.165, 1.54) is 7.11 Å². The first kappa shape index (κ1) is 13.4. The van der Waals surface area contributed by atoms with Crippen LogP contribution >= 0.6 is 0 Å². The van der Waals surface area contributed by atoms with Gasteiger partial charge < -0.3 is 18.9 Å². The van der Waals surface area contributed by atoms with E-state index in [2.05, 4.69) is 17.0 Å². The lowest BCUT2D eigenvalue weighted by Crippen LogP contribution is -2.29. The van der Waals surface area contributed by atoms with Crippen LogP contribution < -0.4 is 5.32 Å². The van der Waals surface area contributed by atoms with Gasteiger partial charge in [0.1, 0.15) is 0 Å². The highest BCUT2D eigenvalue weighted by atomic mass is 28.3. The number of methoxy groups -OCH3 is 1. The van der Waals surface area contributed by atoms with Crippen LogP contribution in [-0.4, -0.2) is 43.3 Å². The van der Waals surface area contributed by atoms with Gasteiger partial charge in [0.05, 0.1) is 7.11 Å². The minimum absolute atomic E-state index is 0.363. The van der Waals surface area contributed by atoms with Crippen LogP contribution in [0.4, 0.5) is 4.79 Å². The fourth-order valence-corrected chi connectivity index (χ4v) is 2.73. The van der Waals surface area contributed by atoms with Crippen molar-refractivity contribution in [1.29, 1.82) is 0 Å². The van der Waals surface area contributed by atoms with Crippen molar-refractivity contribution in [3.8, 4) is 0 Å². The highest BCUT2D eigenvalue weighted by Gasteiger charge is 2.19. The first-order valence-corrected chi connectivity index (χ1v) is 6.14. The van der Waals surface area contributed by atoms with Gasteiger partial charge in [-0.15, -0.1) is 0 Å². The predicted octanol–water partition coefficient (Wildman–Crippen LogP) is 0.636. The lowest BCUT2D eigenvalue weighted by Gasteiger charge is -2.18. The van der Waals surface area contributed by atoms with Gasteiger partial charge in [0, 0.05) is 20.8 Å². The van der Waals surface area contributed by atoms with Crippen LogP contribution in [0.2, 0.25) is 5.54 Å². The van der Waals surface area contributed by atoms with Gasteiger partial charge in [-0.2, -0.15) is 0 Å². The normalized spacial score (nSPS) is 12.6. The Morgan fingerprint density at radius 2 is 1.93 bits per heavy atom. The van der Waals surface area contributed by atoms with Gasteiger partial charge in [-0.1, -0.05) is 6.92 Å². The standard InChI is InChI=1S/C8H19NO4Si/c1-7(14(12-3)13-4)5-6-9-8(10)11-2/h7,14H,5-6H2,1-4H3,(H,9,10). The van der Waals surface area contributed by atoms with E-state index < -0.39 is 15.4 Å². The number of ether oxygens (including phenoxy) is 1. The van der Waals surface area contributed by atoms with Gasteiger partial charge in [0.15, 0.2) is 0 Å². The van der Waals surface area contributed by atoms with Gasteiger partial charge >= 0.3 is 15.4 Å². The first-order chi connectivity index (χ1) is 6.65. The quantitative estimate of drug-likeness (QED) is 0.669. The molecule has 0 spiro atoms. The van der Waals surface area contributed by atoms with Crippen LogP contribution in [0.15, 0.2) is 0 Å². The molecule has 0 heterocycles. The largest absolute Gasteiger partial charge is 0.453 e. The molecule has 6 heteroatoms. The van der Waals surface area contributed by atoms with Crippen LogP contribution in [0.25, 0.3) is 0 Å². The Bertz CT molecular complexity index is 163. The van der Waals surface area contributed by atoms with Crippen molar-refractivity contribution < 1.29 is 18.4 Å².